The average molecular weight is 327 g/mol. The van der Waals surface area contributed by atoms with Crippen LogP contribution in [0.25, 0.3) is 0 Å². The lowest BCUT2D eigenvalue weighted by molar-refractivity contribution is -0.146. The number of nitrogens with one attached hydrogen (secondary N) is 2. The minimum Gasteiger partial charge on any atom is -0.459 e. The van der Waals surface area contributed by atoms with Gasteiger partial charge in [0.05, 0.1) is 17.9 Å². The molecule has 2 N–H and O–H groups in total. The third-order valence-electron chi connectivity index (χ3n) is 2.80. The van der Waals surface area contributed by atoms with Crippen LogP contribution in [0, 0.1) is 11.3 Å². The summed E-state index contributed by atoms with van der Waals surface area (Å²) < 4.78 is 9.60. The highest BCUT2D eigenvalue weighted by Gasteiger charge is 2.12. The normalized spacial score (nSPS) is 9.62. The van der Waals surface area contributed by atoms with Crippen molar-refractivity contribution >= 4 is 23.5 Å². The van der Waals surface area contributed by atoms with Crippen LogP contribution < -0.4 is 10.6 Å². The van der Waals surface area contributed by atoms with Crippen LogP contribution in [0.1, 0.15) is 16.1 Å². The molecule has 0 aliphatic heterocycles. The molecular weight excluding hydrogens is 314 g/mol. The van der Waals surface area contributed by atoms with E-state index in [4.69, 9.17) is 14.4 Å². The molecule has 0 saturated carbocycles. The first-order valence-electron chi connectivity index (χ1n) is 6.86. The number of carbonyl (C=O) groups excluding carboxylic acids is 3. The fourth-order valence-electron chi connectivity index (χ4n) is 1.67. The monoisotopic (exact) mass is 327 g/mol. The van der Waals surface area contributed by atoms with Gasteiger partial charge in [-0.3, -0.25) is 14.4 Å². The maximum absolute atomic E-state index is 11.6. The van der Waals surface area contributed by atoms with E-state index in [9.17, 15) is 14.4 Å². The molecule has 2 amide bonds. The molecule has 0 aliphatic rings. The van der Waals surface area contributed by atoms with Crippen LogP contribution in [-0.2, 0) is 14.3 Å². The Morgan fingerprint density at radius 2 is 1.92 bits per heavy atom. The second-order valence-electron chi connectivity index (χ2n) is 4.56. The first-order chi connectivity index (χ1) is 11.6. The lowest BCUT2D eigenvalue weighted by atomic mass is 10.2. The van der Waals surface area contributed by atoms with Crippen molar-refractivity contribution in [2.45, 2.75) is 0 Å². The maximum atomic E-state index is 11.6. The number of hydrogen-bond donors (Lipinski definition) is 2. The van der Waals surface area contributed by atoms with Gasteiger partial charge in [0.1, 0.15) is 6.54 Å². The number of esters is 1. The molecule has 0 spiro atoms. The van der Waals surface area contributed by atoms with Crippen LogP contribution in [0.4, 0.5) is 5.69 Å². The van der Waals surface area contributed by atoms with E-state index in [0.29, 0.717) is 11.3 Å². The van der Waals surface area contributed by atoms with Crippen LogP contribution in [0.5, 0.6) is 0 Å². The van der Waals surface area contributed by atoms with Crippen LogP contribution in [0.3, 0.4) is 0 Å². The average Bonchev–Trinajstić information content (AvgIpc) is 3.13. The summed E-state index contributed by atoms with van der Waals surface area (Å²) >= 11 is 0. The number of nitrogens with zero attached hydrogens (tertiary/aromatic N) is 1. The molecular formula is C16H13N3O5. The number of rotatable bonds is 6. The van der Waals surface area contributed by atoms with Crippen molar-refractivity contribution in [1.82, 2.24) is 5.32 Å². The van der Waals surface area contributed by atoms with Gasteiger partial charge >= 0.3 is 5.97 Å². The van der Waals surface area contributed by atoms with Crippen molar-refractivity contribution < 1.29 is 23.5 Å². The van der Waals surface area contributed by atoms with E-state index in [1.54, 1.807) is 30.3 Å². The quantitative estimate of drug-likeness (QED) is 0.765. The zero-order valence-corrected chi connectivity index (χ0v) is 12.4. The highest BCUT2D eigenvalue weighted by molar-refractivity contribution is 5.95. The third kappa shape index (κ3) is 4.99. The minimum atomic E-state index is -0.759. The van der Waals surface area contributed by atoms with Gasteiger partial charge in [-0.05, 0) is 36.4 Å². The van der Waals surface area contributed by atoms with Gasteiger partial charge in [-0.25, -0.2) is 0 Å². The summed E-state index contributed by atoms with van der Waals surface area (Å²) in [5.41, 5.74) is 0.938. The molecule has 1 heterocycles. The van der Waals surface area contributed by atoms with Crippen LogP contribution in [-0.4, -0.2) is 30.9 Å². The fraction of sp³-hybridized carbons (Fsp3) is 0.125. The molecule has 0 fully saturated rings. The zero-order chi connectivity index (χ0) is 17.4. The Morgan fingerprint density at radius 3 is 2.54 bits per heavy atom. The summed E-state index contributed by atoms with van der Waals surface area (Å²) in [6.45, 7) is -0.876. The molecule has 8 nitrogen and oxygen atoms in total. The molecule has 0 bridgehead atoms. The predicted molar refractivity (Wildman–Crippen MR) is 81.8 cm³/mol. The summed E-state index contributed by atoms with van der Waals surface area (Å²) in [6.07, 6.45) is 1.33. The van der Waals surface area contributed by atoms with Crippen LogP contribution in [0.2, 0.25) is 0 Å². The summed E-state index contributed by atoms with van der Waals surface area (Å²) in [4.78, 5) is 34.6. The van der Waals surface area contributed by atoms with E-state index in [0.717, 1.165) is 0 Å². The van der Waals surface area contributed by atoms with Crippen molar-refractivity contribution in [3.8, 4) is 6.07 Å². The summed E-state index contributed by atoms with van der Waals surface area (Å²) in [7, 11) is 0. The van der Waals surface area contributed by atoms with Crippen molar-refractivity contribution in [2.24, 2.45) is 0 Å². The standard InChI is InChI=1S/C16H13N3O5/c17-8-11-3-5-12(6-4-11)19-14(20)10-24-15(21)9-18-16(22)13-2-1-7-23-13/h1-7H,9-10H2,(H,18,22)(H,19,20). The van der Waals surface area contributed by atoms with Crippen molar-refractivity contribution in [1.29, 1.82) is 5.26 Å². The van der Waals surface area contributed by atoms with Gasteiger partial charge in [0.25, 0.3) is 11.8 Å². The molecule has 2 rings (SSSR count). The Morgan fingerprint density at radius 1 is 1.17 bits per heavy atom. The van der Waals surface area contributed by atoms with Gasteiger partial charge in [-0.2, -0.15) is 5.26 Å². The lowest BCUT2D eigenvalue weighted by Crippen LogP contribution is -2.32. The molecule has 0 unspecified atom stereocenters. The molecule has 0 atom stereocenters. The predicted octanol–water partition coefficient (Wildman–Crippen LogP) is 1.06. The van der Waals surface area contributed by atoms with E-state index in [2.05, 4.69) is 10.6 Å². The number of nitriles is 1. The van der Waals surface area contributed by atoms with Crippen molar-refractivity contribution in [3.05, 3.63) is 54.0 Å². The van der Waals surface area contributed by atoms with Gasteiger partial charge in [0.2, 0.25) is 0 Å². The van der Waals surface area contributed by atoms with E-state index in [-0.39, 0.29) is 12.3 Å². The molecule has 2 aromatic rings. The Hall–Kier alpha value is -3.60. The molecule has 1 aromatic carbocycles. The number of furan rings is 1. The minimum absolute atomic E-state index is 0.0707. The third-order valence-corrected chi connectivity index (χ3v) is 2.80. The SMILES string of the molecule is N#Cc1ccc(NC(=O)COC(=O)CNC(=O)c2ccco2)cc1. The second kappa shape index (κ2) is 8.14. The van der Waals surface area contributed by atoms with E-state index in [1.807, 2.05) is 6.07 Å². The number of carbonyl (C=O) groups is 3. The van der Waals surface area contributed by atoms with Crippen LogP contribution in [0.15, 0.2) is 47.1 Å². The van der Waals surface area contributed by atoms with Gasteiger partial charge in [0.15, 0.2) is 12.4 Å². The molecule has 0 aliphatic carbocycles. The highest BCUT2D eigenvalue weighted by atomic mass is 16.5. The zero-order valence-electron chi connectivity index (χ0n) is 12.4. The van der Waals surface area contributed by atoms with E-state index >= 15 is 0 Å². The lowest BCUT2D eigenvalue weighted by Gasteiger charge is -2.07. The summed E-state index contributed by atoms with van der Waals surface area (Å²) in [6, 6.07) is 11.2. The van der Waals surface area contributed by atoms with E-state index in [1.165, 1.54) is 12.3 Å². The smallest absolute Gasteiger partial charge is 0.325 e. The Balaban J connectivity index is 1.70. The number of amides is 2. The number of hydrogen-bond acceptors (Lipinski definition) is 6. The first kappa shape index (κ1) is 16.8. The topological polar surface area (TPSA) is 121 Å². The highest BCUT2D eigenvalue weighted by Crippen LogP contribution is 2.08. The van der Waals surface area contributed by atoms with Crippen molar-refractivity contribution in [2.75, 3.05) is 18.5 Å². The maximum Gasteiger partial charge on any atom is 0.325 e. The molecule has 0 radical (unpaired) electrons. The number of benzene rings is 1. The molecule has 8 heteroatoms. The summed E-state index contributed by atoms with van der Waals surface area (Å²) in [5.74, 6) is -1.78. The fourth-order valence-corrected chi connectivity index (χ4v) is 1.67. The van der Waals surface area contributed by atoms with Gasteiger partial charge < -0.3 is 19.8 Å². The van der Waals surface area contributed by atoms with E-state index < -0.39 is 24.4 Å². The summed E-state index contributed by atoms with van der Waals surface area (Å²) in [5, 5.41) is 13.5. The molecule has 0 saturated heterocycles. The number of ether oxygens (including phenoxy) is 1. The van der Waals surface area contributed by atoms with Crippen LogP contribution >= 0.6 is 0 Å². The molecule has 24 heavy (non-hydrogen) atoms. The Kier molecular flexibility index (Phi) is 5.69. The molecule has 122 valence electrons. The largest absolute Gasteiger partial charge is 0.459 e. The van der Waals surface area contributed by atoms with Gasteiger partial charge in [0, 0.05) is 5.69 Å². The number of anilines is 1. The van der Waals surface area contributed by atoms with Crippen molar-refractivity contribution in [3.63, 3.8) is 0 Å². The first-order valence-corrected chi connectivity index (χ1v) is 6.86. The Bertz CT molecular complexity index is 760. The van der Waals surface area contributed by atoms with Gasteiger partial charge in [-0.15, -0.1) is 0 Å². The van der Waals surface area contributed by atoms with Gasteiger partial charge in [-0.1, -0.05) is 0 Å². The Labute approximate surface area is 137 Å². The molecule has 1 aromatic heterocycles. The second-order valence-corrected chi connectivity index (χ2v) is 4.56.